The Labute approximate surface area is 105 Å². The number of aromatic amines is 1. The number of nitrogens with one attached hydrogen (secondary N) is 2. The topological polar surface area (TPSA) is 83.8 Å². The molecule has 0 aliphatic carbocycles. The minimum atomic E-state index is -0.0892. The molecule has 0 aliphatic rings. The van der Waals surface area contributed by atoms with Crippen LogP contribution in [0.4, 0.5) is 0 Å². The second-order valence-electron chi connectivity index (χ2n) is 3.96. The Hall–Kier alpha value is -2.14. The number of nitrogens with two attached hydrogens (primary N) is 1. The van der Waals surface area contributed by atoms with E-state index in [0.29, 0.717) is 25.1 Å². The number of imidazole rings is 1. The maximum Gasteiger partial charge on any atom is 0.251 e. The van der Waals surface area contributed by atoms with Crippen molar-refractivity contribution in [1.29, 1.82) is 0 Å². The van der Waals surface area contributed by atoms with Gasteiger partial charge >= 0.3 is 0 Å². The number of aromatic nitrogens is 2. The van der Waals surface area contributed by atoms with Crippen LogP contribution in [-0.4, -0.2) is 22.4 Å². The fraction of sp³-hybridized carbons (Fsp3) is 0.231. The number of amides is 1. The Bertz CT molecular complexity index is 507. The first-order chi connectivity index (χ1) is 8.81. The highest BCUT2D eigenvalue weighted by molar-refractivity contribution is 5.95. The van der Waals surface area contributed by atoms with Gasteiger partial charge in [-0.25, -0.2) is 4.98 Å². The van der Waals surface area contributed by atoms with Crippen molar-refractivity contribution >= 4 is 5.91 Å². The molecule has 0 fully saturated rings. The number of carbonyl (C=O) groups excluding carboxylic acids is 1. The van der Waals surface area contributed by atoms with Gasteiger partial charge in [0, 0.05) is 11.8 Å². The van der Waals surface area contributed by atoms with E-state index in [2.05, 4.69) is 15.3 Å². The Morgan fingerprint density at radius 1 is 1.39 bits per heavy atom. The fourth-order valence-electron chi connectivity index (χ4n) is 1.77. The molecule has 0 saturated heterocycles. The molecule has 2 aromatic rings. The van der Waals surface area contributed by atoms with Crippen LogP contribution < -0.4 is 11.1 Å². The number of H-pyrrole nitrogens is 1. The molecule has 0 spiro atoms. The maximum absolute atomic E-state index is 12.0. The van der Waals surface area contributed by atoms with E-state index in [1.54, 1.807) is 12.5 Å². The highest BCUT2D eigenvalue weighted by Gasteiger charge is 2.09. The molecule has 0 bridgehead atoms. The van der Waals surface area contributed by atoms with Gasteiger partial charge in [-0.1, -0.05) is 18.2 Å². The maximum atomic E-state index is 12.0. The highest BCUT2D eigenvalue weighted by atomic mass is 16.1. The lowest BCUT2D eigenvalue weighted by atomic mass is 10.0. The van der Waals surface area contributed by atoms with Crippen LogP contribution in [0.3, 0.4) is 0 Å². The molecule has 5 heteroatoms. The molecular formula is C13H16N4O. The molecular weight excluding hydrogens is 228 g/mol. The van der Waals surface area contributed by atoms with E-state index < -0.39 is 0 Å². The summed E-state index contributed by atoms with van der Waals surface area (Å²) in [6.45, 7) is 0.973. The molecule has 0 unspecified atom stereocenters. The molecule has 1 aromatic heterocycles. The van der Waals surface area contributed by atoms with E-state index in [1.807, 2.05) is 24.3 Å². The van der Waals surface area contributed by atoms with Crippen molar-refractivity contribution < 1.29 is 4.79 Å². The molecule has 18 heavy (non-hydrogen) atoms. The lowest BCUT2D eigenvalue weighted by molar-refractivity contribution is 0.0949. The van der Waals surface area contributed by atoms with Gasteiger partial charge in [-0.3, -0.25) is 4.79 Å². The van der Waals surface area contributed by atoms with Crippen molar-refractivity contribution in [3.8, 4) is 0 Å². The third-order valence-corrected chi connectivity index (χ3v) is 2.67. The average Bonchev–Trinajstić information content (AvgIpc) is 2.90. The SMILES string of the molecule is NCCc1ccccc1C(=O)NCc1cnc[nH]1. The lowest BCUT2D eigenvalue weighted by Gasteiger charge is -2.08. The molecule has 94 valence electrons. The molecule has 2 rings (SSSR count). The number of hydrogen-bond donors (Lipinski definition) is 3. The second-order valence-corrected chi connectivity index (χ2v) is 3.96. The van der Waals surface area contributed by atoms with Gasteiger partial charge < -0.3 is 16.0 Å². The standard InChI is InChI=1S/C13H16N4O/c14-6-5-10-3-1-2-4-12(10)13(18)16-8-11-7-15-9-17-11/h1-4,7,9H,5-6,8,14H2,(H,15,17)(H,16,18). The zero-order valence-corrected chi connectivity index (χ0v) is 10.0. The summed E-state index contributed by atoms with van der Waals surface area (Å²) in [5.74, 6) is -0.0892. The normalized spacial score (nSPS) is 10.3. The average molecular weight is 244 g/mol. The molecule has 0 radical (unpaired) electrons. The van der Waals surface area contributed by atoms with Crippen molar-refractivity contribution in [3.63, 3.8) is 0 Å². The molecule has 1 heterocycles. The molecule has 0 atom stereocenters. The summed E-state index contributed by atoms with van der Waals surface area (Å²) in [5, 5.41) is 2.85. The number of carbonyl (C=O) groups is 1. The van der Waals surface area contributed by atoms with Gasteiger partial charge in [0.25, 0.3) is 5.91 Å². The van der Waals surface area contributed by atoms with E-state index in [0.717, 1.165) is 11.3 Å². The van der Waals surface area contributed by atoms with E-state index in [9.17, 15) is 4.79 Å². The van der Waals surface area contributed by atoms with E-state index in [4.69, 9.17) is 5.73 Å². The molecule has 1 aromatic carbocycles. The second kappa shape index (κ2) is 5.97. The van der Waals surface area contributed by atoms with Crippen LogP contribution in [0.5, 0.6) is 0 Å². The first kappa shape index (κ1) is 12.3. The summed E-state index contributed by atoms with van der Waals surface area (Å²) in [6.07, 6.45) is 3.98. The smallest absolute Gasteiger partial charge is 0.251 e. The zero-order valence-electron chi connectivity index (χ0n) is 10.0. The molecule has 1 amide bonds. The number of nitrogens with zero attached hydrogens (tertiary/aromatic N) is 1. The number of hydrogen-bond acceptors (Lipinski definition) is 3. The summed E-state index contributed by atoms with van der Waals surface area (Å²) >= 11 is 0. The first-order valence-corrected chi connectivity index (χ1v) is 5.84. The lowest BCUT2D eigenvalue weighted by Crippen LogP contribution is -2.24. The number of benzene rings is 1. The van der Waals surface area contributed by atoms with Gasteiger partial charge in [-0.2, -0.15) is 0 Å². The first-order valence-electron chi connectivity index (χ1n) is 5.84. The number of rotatable bonds is 5. The van der Waals surface area contributed by atoms with Crippen molar-refractivity contribution in [2.45, 2.75) is 13.0 Å². The van der Waals surface area contributed by atoms with Crippen LogP contribution >= 0.6 is 0 Å². The largest absolute Gasteiger partial charge is 0.347 e. The Morgan fingerprint density at radius 3 is 2.94 bits per heavy atom. The van der Waals surface area contributed by atoms with E-state index >= 15 is 0 Å². The summed E-state index contributed by atoms with van der Waals surface area (Å²) in [4.78, 5) is 18.9. The zero-order chi connectivity index (χ0) is 12.8. The van der Waals surface area contributed by atoms with E-state index in [1.165, 1.54) is 0 Å². The monoisotopic (exact) mass is 244 g/mol. The quantitative estimate of drug-likeness (QED) is 0.728. The van der Waals surface area contributed by atoms with Crippen molar-refractivity contribution in [2.24, 2.45) is 5.73 Å². The molecule has 0 saturated carbocycles. The van der Waals surface area contributed by atoms with Gasteiger partial charge in [0.2, 0.25) is 0 Å². The minimum Gasteiger partial charge on any atom is -0.347 e. The third-order valence-electron chi connectivity index (χ3n) is 2.67. The molecule has 4 N–H and O–H groups in total. The predicted molar refractivity (Wildman–Crippen MR) is 69.0 cm³/mol. The van der Waals surface area contributed by atoms with Crippen LogP contribution in [0.1, 0.15) is 21.6 Å². The third kappa shape index (κ3) is 2.95. The fourth-order valence-corrected chi connectivity index (χ4v) is 1.77. The molecule has 0 aliphatic heterocycles. The van der Waals surface area contributed by atoms with Gasteiger partial charge in [0.1, 0.15) is 0 Å². The van der Waals surface area contributed by atoms with Crippen LogP contribution in [0.15, 0.2) is 36.8 Å². The van der Waals surface area contributed by atoms with Gasteiger partial charge in [0.15, 0.2) is 0 Å². The van der Waals surface area contributed by atoms with Crippen LogP contribution in [0.2, 0.25) is 0 Å². The van der Waals surface area contributed by atoms with Gasteiger partial charge in [-0.15, -0.1) is 0 Å². The Kier molecular flexibility index (Phi) is 4.09. The van der Waals surface area contributed by atoms with E-state index in [-0.39, 0.29) is 5.91 Å². The minimum absolute atomic E-state index is 0.0892. The summed E-state index contributed by atoms with van der Waals surface area (Å²) in [6, 6.07) is 7.51. The summed E-state index contributed by atoms with van der Waals surface area (Å²) in [5.41, 5.74) is 8.07. The van der Waals surface area contributed by atoms with Crippen LogP contribution in [0, 0.1) is 0 Å². The van der Waals surface area contributed by atoms with Crippen LogP contribution in [0.25, 0.3) is 0 Å². The Morgan fingerprint density at radius 2 is 2.22 bits per heavy atom. The summed E-state index contributed by atoms with van der Waals surface area (Å²) in [7, 11) is 0. The predicted octanol–water partition coefficient (Wildman–Crippen LogP) is 0.841. The summed E-state index contributed by atoms with van der Waals surface area (Å²) < 4.78 is 0. The van der Waals surface area contributed by atoms with Crippen molar-refractivity contribution in [1.82, 2.24) is 15.3 Å². The van der Waals surface area contributed by atoms with Crippen LogP contribution in [-0.2, 0) is 13.0 Å². The van der Waals surface area contributed by atoms with Gasteiger partial charge in [-0.05, 0) is 24.6 Å². The van der Waals surface area contributed by atoms with Crippen molar-refractivity contribution in [2.75, 3.05) is 6.54 Å². The Balaban J connectivity index is 2.04. The van der Waals surface area contributed by atoms with Crippen molar-refractivity contribution in [3.05, 3.63) is 53.6 Å². The molecule has 5 nitrogen and oxygen atoms in total. The highest BCUT2D eigenvalue weighted by Crippen LogP contribution is 2.09. The van der Waals surface area contributed by atoms with Gasteiger partial charge in [0.05, 0.1) is 18.6 Å².